The van der Waals surface area contributed by atoms with Crippen LogP contribution < -0.4 is 14.8 Å². The number of hydrogen-bond acceptors (Lipinski definition) is 7. The highest BCUT2D eigenvalue weighted by Gasteiger charge is 2.32. The van der Waals surface area contributed by atoms with E-state index in [2.05, 4.69) is 5.32 Å². The number of carbonyl (C=O) groups excluding carboxylic acids is 1. The number of amidine groups is 1. The lowest BCUT2D eigenvalue weighted by Crippen LogP contribution is -2.30. The fraction of sp³-hybridized carbons (Fsp3) is 0.304. The first-order valence-corrected chi connectivity index (χ1v) is 11.1. The summed E-state index contributed by atoms with van der Waals surface area (Å²) in [7, 11) is 3.18. The molecule has 2 aromatic carbocycles. The number of carbonyl (C=O) groups is 1. The number of nitrogens with zero attached hydrogens (tertiary/aromatic N) is 1. The summed E-state index contributed by atoms with van der Waals surface area (Å²) >= 11 is 7.53. The summed E-state index contributed by atoms with van der Waals surface area (Å²) in [5, 5.41) is 4.66. The molecule has 0 radical (unpaired) electrons. The lowest BCUT2D eigenvalue weighted by molar-refractivity contribution is -0.138. The molecule has 0 fully saturated rings. The first-order chi connectivity index (χ1) is 15.0. The van der Waals surface area contributed by atoms with E-state index in [0.717, 1.165) is 11.1 Å². The monoisotopic (exact) mass is 460 g/mol. The van der Waals surface area contributed by atoms with Crippen molar-refractivity contribution in [2.45, 2.75) is 25.6 Å². The molecule has 1 heterocycles. The van der Waals surface area contributed by atoms with Crippen LogP contribution in [0.5, 0.6) is 11.5 Å². The van der Waals surface area contributed by atoms with Gasteiger partial charge in [-0.2, -0.15) is 0 Å². The first kappa shape index (κ1) is 23.0. The number of halogens is 1. The summed E-state index contributed by atoms with van der Waals surface area (Å²) in [5.74, 6) is 1.55. The molecule has 1 aliphatic heterocycles. The van der Waals surface area contributed by atoms with Crippen LogP contribution in [0.1, 0.15) is 31.0 Å². The fourth-order valence-electron chi connectivity index (χ4n) is 3.20. The SMILES string of the molecule is CCOC(=O)C1=C(C)NC(SCc2ccc(Cl)cc2)=N[C@@H]1c1ccc(OC)cc1OC. The third kappa shape index (κ3) is 5.54. The van der Waals surface area contributed by atoms with Crippen LogP contribution in [-0.4, -0.2) is 32.0 Å². The minimum absolute atomic E-state index is 0.282. The molecule has 8 heteroatoms. The Labute approximate surface area is 191 Å². The molecule has 0 aliphatic carbocycles. The van der Waals surface area contributed by atoms with Gasteiger partial charge >= 0.3 is 5.97 Å². The molecule has 164 valence electrons. The van der Waals surface area contributed by atoms with Crippen molar-refractivity contribution in [3.8, 4) is 11.5 Å². The van der Waals surface area contributed by atoms with E-state index in [9.17, 15) is 4.79 Å². The van der Waals surface area contributed by atoms with Crippen molar-refractivity contribution in [3.05, 3.63) is 69.9 Å². The third-order valence-corrected chi connectivity index (χ3v) is 5.95. The average Bonchev–Trinajstić information content (AvgIpc) is 2.77. The van der Waals surface area contributed by atoms with Crippen LogP contribution in [0, 0.1) is 0 Å². The summed E-state index contributed by atoms with van der Waals surface area (Å²) in [6.07, 6.45) is 0. The molecule has 31 heavy (non-hydrogen) atoms. The summed E-state index contributed by atoms with van der Waals surface area (Å²) in [4.78, 5) is 17.6. The normalized spacial score (nSPS) is 15.8. The van der Waals surface area contributed by atoms with Crippen molar-refractivity contribution < 1.29 is 19.0 Å². The van der Waals surface area contributed by atoms with Crippen LogP contribution >= 0.6 is 23.4 Å². The fourth-order valence-corrected chi connectivity index (χ4v) is 4.22. The second kappa shape index (κ2) is 10.6. The Bertz CT molecular complexity index is 1010. The van der Waals surface area contributed by atoms with E-state index in [4.69, 9.17) is 30.8 Å². The van der Waals surface area contributed by atoms with Gasteiger partial charge in [0.1, 0.15) is 17.5 Å². The van der Waals surface area contributed by atoms with Crippen molar-refractivity contribution in [2.24, 2.45) is 4.99 Å². The van der Waals surface area contributed by atoms with E-state index in [1.807, 2.05) is 43.3 Å². The molecule has 1 N–H and O–H groups in total. The summed E-state index contributed by atoms with van der Waals surface area (Å²) in [6, 6.07) is 12.6. The molecule has 0 saturated heterocycles. The minimum atomic E-state index is -0.561. The van der Waals surface area contributed by atoms with E-state index in [1.165, 1.54) is 0 Å². The maximum atomic E-state index is 12.8. The summed E-state index contributed by atoms with van der Waals surface area (Å²) < 4.78 is 16.2. The highest BCUT2D eigenvalue weighted by Crippen LogP contribution is 2.39. The molecule has 0 spiro atoms. The smallest absolute Gasteiger partial charge is 0.338 e. The molecule has 1 aliphatic rings. The zero-order valence-corrected chi connectivity index (χ0v) is 19.5. The molecular formula is C23H25ClN2O4S. The van der Waals surface area contributed by atoms with Gasteiger partial charge in [0.25, 0.3) is 0 Å². The van der Waals surface area contributed by atoms with Gasteiger partial charge in [0.05, 0.1) is 26.4 Å². The zero-order valence-electron chi connectivity index (χ0n) is 17.9. The third-order valence-electron chi connectivity index (χ3n) is 4.74. The van der Waals surface area contributed by atoms with Crippen LogP contribution in [0.15, 0.2) is 58.7 Å². The maximum Gasteiger partial charge on any atom is 0.338 e. The number of benzene rings is 2. The van der Waals surface area contributed by atoms with E-state index in [0.29, 0.717) is 38.7 Å². The van der Waals surface area contributed by atoms with Crippen LogP contribution in [0.2, 0.25) is 5.02 Å². The van der Waals surface area contributed by atoms with Gasteiger partial charge in [0.2, 0.25) is 0 Å². The highest BCUT2D eigenvalue weighted by molar-refractivity contribution is 8.13. The average molecular weight is 461 g/mol. The van der Waals surface area contributed by atoms with Gasteiger partial charge in [-0.25, -0.2) is 9.79 Å². The van der Waals surface area contributed by atoms with Crippen LogP contribution in [0.4, 0.5) is 0 Å². The van der Waals surface area contributed by atoms with Gasteiger partial charge in [-0.15, -0.1) is 0 Å². The Morgan fingerprint density at radius 1 is 1.16 bits per heavy atom. The topological polar surface area (TPSA) is 69.2 Å². The number of thioether (sulfide) groups is 1. The Morgan fingerprint density at radius 2 is 1.90 bits per heavy atom. The number of esters is 1. The molecule has 0 bridgehead atoms. The van der Waals surface area contributed by atoms with Gasteiger partial charge in [-0.3, -0.25) is 0 Å². The highest BCUT2D eigenvalue weighted by atomic mass is 35.5. The van der Waals surface area contributed by atoms with E-state index < -0.39 is 12.0 Å². The number of nitrogens with one attached hydrogen (secondary N) is 1. The Morgan fingerprint density at radius 3 is 2.55 bits per heavy atom. The predicted molar refractivity (Wildman–Crippen MR) is 125 cm³/mol. The summed E-state index contributed by atoms with van der Waals surface area (Å²) in [6.45, 7) is 3.92. The van der Waals surface area contributed by atoms with Crippen molar-refractivity contribution in [3.63, 3.8) is 0 Å². The maximum absolute atomic E-state index is 12.8. The standard InChI is InChI=1S/C23H25ClN2O4S/c1-5-30-22(27)20-14(2)25-23(31-13-15-6-8-16(24)9-7-15)26-21(20)18-11-10-17(28-3)12-19(18)29-4/h6-12,21H,5,13H2,1-4H3,(H,25,26)/t21-/m1/s1. The number of hydrogen-bond donors (Lipinski definition) is 1. The first-order valence-electron chi connectivity index (χ1n) is 9.78. The Hall–Kier alpha value is -2.64. The lowest BCUT2D eigenvalue weighted by Gasteiger charge is -2.27. The van der Waals surface area contributed by atoms with E-state index in [1.54, 1.807) is 39.0 Å². The molecule has 3 rings (SSSR count). The van der Waals surface area contributed by atoms with Crippen LogP contribution in [-0.2, 0) is 15.3 Å². The molecule has 6 nitrogen and oxygen atoms in total. The molecule has 0 aromatic heterocycles. The summed E-state index contributed by atoms with van der Waals surface area (Å²) in [5.41, 5.74) is 3.04. The number of rotatable bonds is 7. The molecular weight excluding hydrogens is 436 g/mol. The molecule has 0 saturated carbocycles. The predicted octanol–water partition coefficient (Wildman–Crippen LogP) is 5.13. The molecule has 2 aromatic rings. The number of ether oxygens (including phenoxy) is 3. The molecule has 0 amide bonds. The van der Waals surface area contributed by atoms with Gasteiger partial charge in [0.15, 0.2) is 5.17 Å². The van der Waals surface area contributed by atoms with Gasteiger partial charge < -0.3 is 19.5 Å². The van der Waals surface area contributed by atoms with Gasteiger partial charge in [0, 0.05) is 28.1 Å². The van der Waals surface area contributed by atoms with Gasteiger partial charge in [-0.1, -0.05) is 35.5 Å². The molecule has 0 unspecified atom stereocenters. The van der Waals surface area contributed by atoms with Crippen molar-refractivity contribution >= 4 is 34.5 Å². The largest absolute Gasteiger partial charge is 0.497 e. The zero-order chi connectivity index (χ0) is 22.4. The minimum Gasteiger partial charge on any atom is -0.497 e. The van der Waals surface area contributed by atoms with Gasteiger partial charge in [-0.05, 0) is 43.7 Å². The number of aliphatic imine (C=N–C) groups is 1. The second-order valence-corrected chi connectivity index (χ2v) is 8.14. The van der Waals surface area contributed by atoms with E-state index >= 15 is 0 Å². The quantitative estimate of drug-likeness (QED) is 0.578. The second-order valence-electron chi connectivity index (χ2n) is 6.74. The van der Waals surface area contributed by atoms with Crippen molar-refractivity contribution in [1.82, 2.24) is 5.32 Å². The number of allylic oxidation sites excluding steroid dienone is 1. The Kier molecular flexibility index (Phi) is 7.87. The van der Waals surface area contributed by atoms with Crippen molar-refractivity contribution in [2.75, 3.05) is 20.8 Å². The number of methoxy groups -OCH3 is 2. The van der Waals surface area contributed by atoms with Crippen LogP contribution in [0.3, 0.4) is 0 Å². The van der Waals surface area contributed by atoms with Crippen LogP contribution in [0.25, 0.3) is 0 Å². The van der Waals surface area contributed by atoms with Crippen molar-refractivity contribution in [1.29, 1.82) is 0 Å². The molecule has 1 atom stereocenters. The lowest BCUT2D eigenvalue weighted by atomic mass is 9.95. The van der Waals surface area contributed by atoms with E-state index in [-0.39, 0.29) is 6.61 Å². The Balaban J connectivity index is 1.95.